The summed E-state index contributed by atoms with van der Waals surface area (Å²) in [5, 5.41) is 13.7. The van der Waals surface area contributed by atoms with Crippen molar-refractivity contribution in [2.24, 2.45) is 0 Å². The average Bonchev–Trinajstić information content (AvgIpc) is 2.90. The fourth-order valence-corrected chi connectivity index (χ4v) is 3.12. The number of ether oxygens (including phenoxy) is 1. The summed E-state index contributed by atoms with van der Waals surface area (Å²) < 4.78 is 5.18. The van der Waals surface area contributed by atoms with Crippen LogP contribution in [-0.2, 0) is 11.2 Å². The number of methoxy groups -OCH3 is 1. The fourth-order valence-electron chi connectivity index (χ4n) is 3.12. The van der Waals surface area contributed by atoms with E-state index in [1.807, 2.05) is 23.1 Å². The van der Waals surface area contributed by atoms with E-state index in [0.717, 1.165) is 12.1 Å². The number of nitrogens with one attached hydrogen (secondary N) is 1. The van der Waals surface area contributed by atoms with Crippen molar-refractivity contribution in [1.82, 2.24) is 0 Å². The zero-order valence-electron chi connectivity index (χ0n) is 14.1. The smallest absolute Gasteiger partial charge is 0.271 e. The van der Waals surface area contributed by atoms with Crippen LogP contribution < -0.4 is 15.0 Å². The monoisotopic (exact) mass is 341 g/mol. The highest BCUT2D eigenvalue weighted by atomic mass is 16.6. The Labute approximate surface area is 145 Å². The fraction of sp³-hybridized carbons (Fsp3) is 0.278. The van der Waals surface area contributed by atoms with Crippen LogP contribution in [-0.4, -0.2) is 30.5 Å². The number of benzene rings is 2. The molecule has 0 aromatic heterocycles. The molecule has 0 bridgehead atoms. The lowest BCUT2D eigenvalue weighted by Crippen LogP contribution is -2.37. The maximum Gasteiger partial charge on any atom is 0.271 e. The van der Waals surface area contributed by atoms with Gasteiger partial charge in [-0.1, -0.05) is 18.2 Å². The number of amides is 1. The zero-order valence-corrected chi connectivity index (χ0v) is 14.1. The van der Waals surface area contributed by atoms with Gasteiger partial charge in [0.05, 0.1) is 24.3 Å². The number of nitro groups is 1. The van der Waals surface area contributed by atoms with Crippen molar-refractivity contribution in [3.63, 3.8) is 0 Å². The summed E-state index contributed by atoms with van der Waals surface area (Å²) in [5.41, 5.74) is 2.46. The van der Waals surface area contributed by atoms with Gasteiger partial charge in [0.2, 0.25) is 5.91 Å². The van der Waals surface area contributed by atoms with E-state index in [1.165, 1.54) is 30.9 Å². The minimum Gasteiger partial charge on any atom is -0.495 e. The maximum absolute atomic E-state index is 12.5. The van der Waals surface area contributed by atoms with E-state index in [9.17, 15) is 14.9 Å². The van der Waals surface area contributed by atoms with Gasteiger partial charge in [0.25, 0.3) is 5.69 Å². The van der Waals surface area contributed by atoms with Crippen molar-refractivity contribution in [2.45, 2.75) is 19.4 Å². The highest BCUT2D eigenvalue weighted by Crippen LogP contribution is 2.32. The SMILES string of the molecule is COc1ccc([N+](=O)[O-])cc1NC(=O)CN1c2ccccc2C[C@H]1C. The molecule has 0 saturated heterocycles. The molecule has 1 aliphatic heterocycles. The molecule has 1 N–H and O–H groups in total. The molecule has 0 radical (unpaired) electrons. The Kier molecular flexibility index (Phi) is 4.56. The van der Waals surface area contributed by atoms with Crippen LogP contribution in [0.25, 0.3) is 0 Å². The summed E-state index contributed by atoms with van der Waals surface area (Å²) >= 11 is 0. The van der Waals surface area contributed by atoms with E-state index >= 15 is 0 Å². The van der Waals surface area contributed by atoms with Crippen LogP contribution in [0.15, 0.2) is 42.5 Å². The molecule has 0 aliphatic carbocycles. The number of rotatable bonds is 5. The van der Waals surface area contributed by atoms with Crippen LogP contribution in [0, 0.1) is 10.1 Å². The molecule has 1 atom stereocenters. The van der Waals surface area contributed by atoms with Gasteiger partial charge in [-0.25, -0.2) is 0 Å². The predicted molar refractivity (Wildman–Crippen MR) is 95.2 cm³/mol. The number of non-ortho nitro benzene ring substituents is 1. The number of carbonyl (C=O) groups excluding carboxylic acids is 1. The number of nitrogens with zero attached hydrogens (tertiary/aromatic N) is 2. The van der Waals surface area contributed by atoms with E-state index in [4.69, 9.17) is 4.74 Å². The normalized spacial score (nSPS) is 15.6. The van der Waals surface area contributed by atoms with Crippen molar-refractivity contribution >= 4 is 23.0 Å². The Morgan fingerprint density at radius 2 is 2.12 bits per heavy atom. The first kappa shape index (κ1) is 16.8. The van der Waals surface area contributed by atoms with Crippen LogP contribution in [0.3, 0.4) is 0 Å². The minimum atomic E-state index is -0.506. The molecular weight excluding hydrogens is 322 g/mol. The maximum atomic E-state index is 12.5. The summed E-state index contributed by atoms with van der Waals surface area (Å²) in [4.78, 5) is 25.0. The second-order valence-corrected chi connectivity index (χ2v) is 6.00. The number of fused-ring (bicyclic) bond motifs is 1. The Balaban J connectivity index is 1.77. The molecule has 0 saturated carbocycles. The molecule has 7 heteroatoms. The average molecular weight is 341 g/mol. The number of carbonyl (C=O) groups is 1. The van der Waals surface area contributed by atoms with E-state index in [-0.39, 0.29) is 24.2 Å². The summed E-state index contributed by atoms with van der Waals surface area (Å²) in [7, 11) is 1.45. The summed E-state index contributed by atoms with van der Waals surface area (Å²) in [6.45, 7) is 2.24. The lowest BCUT2D eigenvalue weighted by molar-refractivity contribution is -0.384. The topological polar surface area (TPSA) is 84.7 Å². The highest BCUT2D eigenvalue weighted by Gasteiger charge is 2.27. The molecule has 0 fully saturated rings. The molecular formula is C18H19N3O4. The Hall–Kier alpha value is -3.09. The van der Waals surface area contributed by atoms with Gasteiger partial charge < -0.3 is 15.0 Å². The van der Waals surface area contributed by atoms with Crippen molar-refractivity contribution < 1.29 is 14.5 Å². The third-order valence-electron chi connectivity index (χ3n) is 4.33. The van der Waals surface area contributed by atoms with Crippen LogP contribution >= 0.6 is 0 Å². The third-order valence-corrected chi connectivity index (χ3v) is 4.33. The first-order valence-electron chi connectivity index (χ1n) is 7.96. The summed E-state index contributed by atoms with van der Waals surface area (Å²) in [6, 6.07) is 12.3. The third kappa shape index (κ3) is 3.40. The standard InChI is InChI=1S/C18H19N3O4/c1-12-9-13-5-3-4-6-16(13)20(12)11-18(22)19-15-10-14(21(23)24)7-8-17(15)25-2/h3-8,10,12H,9,11H2,1-2H3,(H,19,22)/t12-/m1/s1. The van der Waals surface area contributed by atoms with E-state index in [1.54, 1.807) is 0 Å². The van der Waals surface area contributed by atoms with Gasteiger partial charge in [0, 0.05) is 23.9 Å². The molecule has 0 spiro atoms. The van der Waals surface area contributed by atoms with E-state index in [0.29, 0.717) is 11.4 Å². The molecule has 25 heavy (non-hydrogen) atoms. The molecule has 130 valence electrons. The van der Waals surface area contributed by atoms with Crippen LogP contribution in [0.1, 0.15) is 12.5 Å². The molecule has 0 unspecified atom stereocenters. The second-order valence-electron chi connectivity index (χ2n) is 6.00. The first-order chi connectivity index (χ1) is 12.0. The quantitative estimate of drug-likeness (QED) is 0.667. The molecule has 2 aromatic carbocycles. The van der Waals surface area contributed by atoms with Gasteiger partial charge in [-0.05, 0) is 31.0 Å². The van der Waals surface area contributed by atoms with Crippen LogP contribution in [0.5, 0.6) is 5.75 Å². The van der Waals surface area contributed by atoms with Gasteiger partial charge in [-0.15, -0.1) is 0 Å². The van der Waals surface area contributed by atoms with Crippen LogP contribution in [0.2, 0.25) is 0 Å². The lowest BCUT2D eigenvalue weighted by atomic mass is 10.1. The molecule has 7 nitrogen and oxygen atoms in total. The number of nitro benzene ring substituents is 1. The lowest BCUT2D eigenvalue weighted by Gasteiger charge is -2.24. The molecule has 1 heterocycles. The van der Waals surface area contributed by atoms with Crippen LogP contribution in [0.4, 0.5) is 17.1 Å². The van der Waals surface area contributed by atoms with Crippen molar-refractivity contribution in [3.8, 4) is 5.75 Å². The second kappa shape index (κ2) is 6.80. The number of hydrogen-bond donors (Lipinski definition) is 1. The van der Waals surface area contributed by atoms with Crippen molar-refractivity contribution in [3.05, 3.63) is 58.1 Å². The minimum absolute atomic E-state index is 0.101. The Morgan fingerprint density at radius 3 is 2.84 bits per heavy atom. The number of hydrogen-bond acceptors (Lipinski definition) is 5. The summed E-state index contributed by atoms with van der Waals surface area (Å²) in [5.74, 6) is 0.135. The van der Waals surface area contributed by atoms with Gasteiger partial charge >= 0.3 is 0 Å². The van der Waals surface area contributed by atoms with Gasteiger partial charge in [0.15, 0.2) is 0 Å². The highest BCUT2D eigenvalue weighted by molar-refractivity contribution is 5.96. The Morgan fingerprint density at radius 1 is 1.36 bits per heavy atom. The van der Waals surface area contributed by atoms with Crippen molar-refractivity contribution in [1.29, 1.82) is 0 Å². The van der Waals surface area contributed by atoms with E-state index < -0.39 is 4.92 Å². The zero-order chi connectivity index (χ0) is 18.0. The first-order valence-corrected chi connectivity index (χ1v) is 7.96. The Bertz CT molecular complexity index is 822. The van der Waals surface area contributed by atoms with Crippen molar-refractivity contribution in [2.75, 3.05) is 23.9 Å². The molecule has 1 amide bonds. The molecule has 1 aliphatic rings. The molecule has 2 aromatic rings. The van der Waals surface area contributed by atoms with Gasteiger partial charge in [-0.2, -0.15) is 0 Å². The van der Waals surface area contributed by atoms with Gasteiger partial charge in [-0.3, -0.25) is 14.9 Å². The largest absolute Gasteiger partial charge is 0.495 e. The van der Waals surface area contributed by atoms with Gasteiger partial charge in [0.1, 0.15) is 5.75 Å². The predicted octanol–water partition coefficient (Wildman–Crippen LogP) is 2.99. The van der Waals surface area contributed by atoms with E-state index in [2.05, 4.69) is 18.3 Å². The number of anilines is 2. The molecule has 3 rings (SSSR count). The number of para-hydroxylation sites is 1. The summed E-state index contributed by atoms with van der Waals surface area (Å²) in [6.07, 6.45) is 0.892.